The molecular weight excluding hydrogens is 585 g/mol. The summed E-state index contributed by atoms with van der Waals surface area (Å²) in [5.74, 6) is 0. The highest BCUT2D eigenvalue weighted by Crippen LogP contribution is 2.44. The Labute approximate surface area is 268 Å². The number of hydrogen-bond donors (Lipinski definition) is 0. The molecule has 0 heterocycles. The predicted octanol–water partition coefficient (Wildman–Crippen LogP) is 11.9. The minimum atomic E-state index is 0.387. The first-order chi connectivity index (χ1) is 22.2. The zero-order valence-corrected chi connectivity index (χ0v) is 25.6. The van der Waals surface area contributed by atoms with Gasteiger partial charge in [0.2, 0.25) is 0 Å². The van der Waals surface area contributed by atoms with E-state index in [1.807, 2.05) is 0 Å². The second kappa shape index (κ2) is 9.15. The van der Waals surface area contributed by atoms with Gasteiger partial charge in [0.15, 0.2) is 10.1 Å². The third kappa shape index (κ3) is 3.37. The lowest BCUT2D eigenvalue weighted by Gasteiger charge is -2.19. The summed E-state index contributed by atoms with van der Waals surface area (Å²) in [6.07, 6.45) is 0. The Morgan fingerprint density at radius 3 is 1.00 bits per heavy atom. The van der Waals surface area contributed by atoms with E-state index in [1.165, 1.54) is 75.4 Å². The molecule has 0 aliphatic heterocycles. The summed E-state index contributed by atoms with van der Waals surface area (Å²) in [6, 6.07) is 47.6. The number of hydrogen-bond acceptors (Lipinski definition) is 3. The van der Waals surface area contributed by atoms with Gasteiger partial charge in [0.1, 0.15) is 0 Å². The smallest absolute Gasteiger partial charge is 0.199 e. The van der Waals surface area contributed by atoms with Crippen molar-refractivity contribution in [3.8, 4) is 0 Å². The molecule has 10 aromatic carbocycles. The van der Waals surface area contributed by atoms with Gasteiger partial charge in [0.25, 0.3) is 0 Å². The SMILES string of the molecule is S=C(OC(=S)c1ccc2cccc3c4cccc5cccc(c1c23)c54)c1ccc2cccc3c4cccc5cccc(c1c23)c54. The summed E-state index contributed by atoms with van der Waals surface area (Å²) in [5, 5.41) is 20.0. The van der Waals surface area contributed by atoms with Gasteiger partial charge in [-0.05, 0) is 112 Å². The van der Waals surface area contributed by atoms with Crippen LogP contribution in [0.4, 0.5) is 0 Å². The topological polar surface area (TPSA) is 9.23 Å². The lowest BCUT2D eigenvalue weighted by atomic mass is 9.87. The van der Waals surface area contributed by atoms with E-state index in [9.17, 15) is 0 Å². The lowest BCUT2D eigenvalue weighted by Crippen LogP contribution is -2.12. The molecule has 0 atom stereocenters. The molecule has 10 aromatic rings. The molecule has 0 unspecified atom stereocenters. The molecule has 0 saturated heterocycles. The molecule has 0 N–H and O–H groups in total. The summed E-state index contributed by atoms with van der Waals surface area (Å²) in [7, 11) is 0. The van der Waals surface area contributed by atoms with Crippen molar-refractivity contribution in [3.63, 3.8) is 0 Å². The fourth-order valence-electron chi connectivity index (χ4n) is 7.85. The van der Waals surface area contributed by atoms with Crippen molar-refractivity contribution in [3.05, 3.63) is 145 Å². The highest BCUT2D eigenvalue weighted by atomic mass is 32.1. The van der Waals surface area contributed by atoms with Gasteiger partial charge in [-0.15, -0.1) is 0 Å². The van der Waals surface area contributed by atoms with Crippen LogP contribution >= 0.6 is 24.4 Å². The van der Waals surface area contributed by atoms with Gasteiger partial charge in [0, 0.05) is 21.9 Å². The van der Waals surface area contributed by atoms with E-state index in [0.717, 1.165) is 21.9 Å². The van der Waals surface area contributed by atoms with E-state index in [1.54, 1.807) is 0 Å². The van der Waals surface area contributed by atoms with Crippen molar-refractivity contribution in [2.45, 2.75) is 0 Å². The average Bonchev–Trinajstić information content (AvgIpc) is 3.08. The summed E-state index contributed by atoms with van der Waals surface area (Å²) in [4.78, 5) is 0. The Kier molecular flexibility index (Phi) is 5.11. The fourth-order valence-corrected chi connectivity index (χ4v) is 8.41. The molecular formula is C42H22OS2. The van der Waals surface area contributed by atoms with E-state index in [4.69, 9.17) is 29.2 Å². The van der Waals surface area contributed by atoms with E-state index in [0.29, 0.717) is 10.1 Å². The van der Waals surface area contributed by atoms with Crippen LogP contribution in [0.2, 0.25) is 0 Å². The van der Waals surface area contributed by atoms with Crippen LogP contribution in [-0.2, 0) is 4.74 Å². The molecule has 0 radical (unpaired) electrons. The molecule has 45 heavy (non-hydrogen) atoms. The van der Waals surface area contributed by atoms with Crippen LogP contribution in [-0.4, -0.2) is 10.1 Å². The van der Waals surface area contributed by atoms with Gasteiger partial charge in [-0.1, -0.05) is 121 Å². The first kappa shape index (κ1) is 25.1. The molecule has 1 nitrogen and oxygen atoms in total. The van der Waals surface area contributed by atoms with Crippen molar-refractivity contribution in [2.75, 3.05) is 0 Å². The molecule has 208 valence electrons. The molecule has 10 rings (SSSR count). The highest BCUT2D eigenvalue weighted by Gasteiger charge is 2.22. The first-order valence-corrected chi connectivity index (χ1v) is 15.9. The minimum absolute atomic E-state index is 0.387. The summed E-state index contributed by atoms with van der Waals surface area (Å²) >= 11 is 12.2. The summed E-state index contributed by atoms with van der Waals surface area (Å²) in [5.41, 5.74) is 1.77. The maximum Gasteiger partial charge on any atom is 0.199 e. The number of ether oxygens (including phenoxy) is 1. The van der Waals surface area contributed by atoms with Crippen LogP contribution in [0.5, 0.6) is 0 Å². The van der Waals surface area contributed by atoms with Gasteiger partial charge in [-0.2, -0.15) is 0 Å². The number of thiocarbonyl (C=S) groups is 2. The van der Waals surface area contributed by atoms with Crippen molar-refractivity contribution >= 4 is 121 Å². The van der Waals surface area contributed by atoms with Crippen LogP contribution in [0.25, 0.3) is 86.2 Å². The van der Waals surface area contributed by atoms with Crippen molar-refractivity contribution in [1.82, 2.24) is 0 Å². The van der Waals surface area contributed by atoms with Crippen LogP contribution < -0.4 is 0 Å². The third-order valence-corrected chi connectivity index (χ3v) is 10.3. The fraction of sp³-hybridized carbons (Fsp3) is 0. The third-order valence-electron chi connectivity index (χ3n) is 9.64. The predicted molar refractivity (Wildman–Crippen MR) is 200 cm³/mol. The Morgan fingerprint density at radius 2 is 0.622 bits per heavy atom. The molecule has 0 fully saturated rings. The van der Waals surface area contributed by atoms with E-state index in [2.05, 4.69) is 133 Å². The van der Waals surface area contributed by atoms with Gasteiger partial charge in [-0.25, -0.2) is 0 Å². The highest BCUT2D eigenvalue weighted by molar-refractivity contribution is 7.82. The normalized spacial score (nSPS) is 12.2. The van der Waals surface area contributed by atoms with Gasteiger partial charge < -0.3 is 4.74 Å². The van der Waals surface area contributed by atoms with E-state index < -0.39 is 0 Å². The summed E-state index contributed by atoms with van der Waals surface area (Å²) < 4.78 is 6.56. The Hall–Kier alpha value is -5.22. The van der Waals surface area contributed by atoms with Gasteiger partial charge in [0.05, 0.1) is 0 Å². The molecule has 0 aliphatic carbocycles. The molecule has 0 spiro atoms. The monoisotopic (exact) mass is 606 g/mol. The standard InChI is InChI=1S/C42H22OS2/c44-41(33-21-19-25-11-3-15-29-27-13-1-7-23-9-5-17-31(35(23)27)39(33)37(25)29)43-42(45)34-22-20-26-12-4-16-30-28-14-2-8-24-10-6-18-32(36(24)28)40(34)38(26)30/h1-22H. The molecule has 0 aromatic heterocycles. The Bertz CT molecular complexity index is 2670. The zero-order chi connectivity index (χ0) is 29.8. The van der Waals surface area contributed by atoms with Crippen molar-refractivity contribution in [2.24, 2.45) is 0 Å². The largest absolute Gasteiger partial charge is 0.433 e. The minimum Gasteiger partial charge on any atom is -0.433 e. The lowest BCUT2D eigenvalue weighted by molar-refractivity contribution is 0.579. The van der Waals surface area contributed by atoms with Crippen LogP contribution in [0.1, 0.15) is 11.1 Å². The molecule has 0 bridgehead atoms. The molecule has 0 amide bonds. The molecule has 0 saturated carbocycles. The molecule has 3 heteroatoms. The number of benzene rings is 10. The number of rotatable bonds is 2. The summed E-state index contributed by atoms with van der Waals surface area (Å²) in [6.45, 7) is 0. The second-order valence-electron chi connectivity index (χ2n) is 11.9. The second-order valence-corrected chi connectivity index (χ2v) is 12.6. The van der Waals surface area contributed by atoms with Crippen molar-refractivity contribution < 1.29 is 4.74 Å². The van der Waals surface area contributed by atoms with E-state index in [-0.39, 0.29) is 0 Å². The van der Waals surface area contributed by atoms with Crippen LogP contribution in [0.15, 0.2) is 133 Å². The molecule has 0 aliphatic rings. The maximum absolute atomic E-state index is 6.56. The number of fused-ring (bicyclic) bond motifs is 4. The Balaban J connectivity index is 1.20. The van der Waals surface area contributed by atoms with Crippen LogP contribution in [0.3, 0.4) is 0 Å². The quantitative estimate of drug-likeness (QED) is 0.110. The van der Waals surface area contributed by atoms with Gasteiger partial charge >= 0.3 is 0 Å². The van der Waals surface area contributed by atoms with E-state index >= 15 is 0 Å². The zero-order valence-electron chi connectivity index (χ0n) is 23.9. The first-order valence-electron chi connectivity index (χ1n) is 15.1. The average molecular weight is 607 g/mol. The van der Waals surface area contributed by atoms with Gasteiger partial charge in [-0.3, -0.25) is 0 Å². The maximum atomic E-state index is 6.56. The van der Waals surface area contributed by atoms with Crippen molar-refractivity contribution in [1.29, 1.82) is 0 Å². The Morgan fingerprint density at radius 1 is 0.311 bits per heavy atom. The van der Waals surface area contributed by atoms with Crippen LogP contribution in [0, 0.1) is 0 Å².